The predicted octanol–water partition coefficient (Wildman–Crippen LogP) is 4.63. The van der Waals surface area contributed by atoms with Crippen LogP contribution in [0.2, 0.25) is 5.15 Å². The Morgan fingerprint density at radius 3 is 2.57 bits per heavy atom. The molecule has 0 saturated heterocycles. The van der Waals surface area contributed by atoms with E-state index in [1.807, 2.05) is 0 Å². The fourth-order valence-corrected chi connectivity index (χ4v) is 2.95. The molecule has 122 valence electrons. The van der Waals surface area contributed by atoms with Crippen LogP contribution in [0.3, 0.4) is 0 Å². The maximum atomic E-state index is 12.0. The number of carbonyl (C=O) groups is 1. The van der Waals surface area contributed by atoms with E-state index in [4.69, 9.17) is 16.3 Å². The third kappa shape index (κ3) is 3.18. The van der Waals surface area contributed by atoms with Crippen molar-refractivity contribution < 1.29 is 9.53 Å². The second-order valence-corrected chi connectivity index (χ2v) is 7.41. The Labute approximate surface area is 141 Å². The van der Waals surface area contributed by atoms with E-state index in [1.54, 1.807) is 6.92 Å². The van der Waals surface area contributed by atoms with Crippen LogP contribution in [0.4, 0.5) is 0 Å². The Kier molecular flexibility index (Phi) is 4.05. The summed E-state index contributed by atoms with van der Waals surface area (Å²) in [7, 11) is 0. The number of aromatic nitrogens is 2. The van der Waals surface area contributed by atoms with E-state index in [1.165, 1.54) is 18.4 Å². The Balaban J connectivity index is 2.25. The number of esters is 1. The first kappa shape index (κ1) is 16.2. The van der Waals surface area contributed by atoms with Crippen LogP contribution in [0.25, 0.3) is 10.9 Å². The summed E-state index contributed by atoms with van der Waals surface area (Å²) in [6, 6.07) is 4.28. The van der Waals surface area contributed by atoms with Gasteiger partial charge < -0.3 is 4.74 Å². The number of benzene rings is 1. The van der Waals surface area contributed by atoms with Crippen molar-refractivity contribution in [3.63, 3.8) is 0 Å². The third-order valence-electron chi connectivity index (χ3n) is 4.09. The Bertz CT molecular complexity index is 777. The number of fused-ring (bicyclic) bond motifs is 1. The van der Waals surface area contributed by atoms with Crippen LogP contribution in [0.1, 0.15) is 68.2 Å². The minimum atomic E-state index is -0.539. The molecule has 4 nitrogen and oxygen atoms in total. The van der Waals surface area contributed by atoms with Crippen molar-refractivity contribution >= 4 is 28.5 Å². The van der Waals surface area contributed by atoms with Crippen LogP contribution >= 0.6 is 11.6 Å². The molecule has 1 saturated carbocycles. The van der Waals surface area contributed by atoms with Crippen molar-refractivity contribution in [2.45, 2.75) is 51.9 Å². The summed E-state index contributed by atoms with van der Waals surface area (Å²) in [4.78, 5) is 20.6. The first-order valence-corrected chi connectivity index (χ1v) is 8.38. The molecule has 1 aliphatic rings. The molecular weight excluding hydrogens is 312 g/mol. The van der Waals surface area contributed by atoms with Gasteiger partial charge in [0.25, 0.3) is 0 Å². The summed E-state index contributed by atoms with van der Waals surface area (Å²) in [5.74, 6) is 0.0951. The molecule has 23 heavy (non-hydrogen) atoms. The number of hydrogen-bond donors (Lipinski definition) is 0. The van der Waals surface area contributed by atoms with Crippen LogP contribution in [-0.4, -0.2) is 22.5 Å². The first-order chi connectivity index (χ1) is 10.8. The predicted molar refractivity (Wildman–Crippen MR) is 91.2 cm³/mol. The minimum Gasteiger partial charge on any atom is -0.460 e. The lowest BCUT2D eigenvalue weighted by Crippen LogP contribution is -2.16. The summed E-state index contributed by atoms with van der Waals surface area (Å²) < 4.78 is 5.01. The smallest absolute Gasteiger partial charge is 0.376 e. The fourth-order valence-electron chi connectivity index (χ4n) is 2.73. The highest BCUT2D eigenvalue weighted by Gasteiger charge is 2.28. The van der Waals surface area contributed by atoms with Crippen molar-refractivity contribution in [2.75, 3.05) is 6.61 Å². The van der Waals surface area contributed by atoms with Crippen LogP contribution in [0.5, 0.6) is 0 Å². The van der Waals surface area contributed by atoms with Crippen molar-refractivity contribution in [3.05, 3.63) is 34.2 Å². The lowest BCUT2D eigenvalue weighted by Gasteiger charge is -2.22. The molecule has 5 heteroatoms. The number of carbonyl (C=O) groups excluding carboxylic acids is 1. The molecule has 2 aromatic rings. The van der Waals surface area contributed by atoms with Crippen LogP contribution in [0.15, 0.2) is 12.1 Å². The van der Waals surface area contributed by atoms with Gasteiger partial charge in [0.2, 0.25) is 5.82 Å². The highest BCUT2D eigenvalue weighted by atomic mass is 35.5. The molecule has 3 rings (SSSR count). The molecule has 1 aromatic carbocycles. The molecule has 1 aliphatic carbocycles. The molecule has 1 aromatic heterocycles. The molecule has 0 N–H and O–H groups in total. The lowest BCUT2D eigenvalue weighted by molar-refractivity contribution is 0.0512. The monoisotopic (exact) mass is 332 g/mol. The van der Waals surface area contributed by atoms with Gasteiger partial charge in [-0.3, -0.25) is 0 Å². The largest absolute Gasteiger partial charge is 0.460 e. The number of rotatable bonds is 3. The van der Waals surface area contributed by atoms with Gasteiger partial charge in [0.05, 0.1) is 12.1 Å². The van der Waals surface area contributed by atoms with Crippen molar-refractivity contribution in [1.29, 1.82) is 0 Å². The van der Waals surface area contributed by atoms with Crippen molar-refractivity contribution in [1.82, 2.24) is 9.97 Å². The maximum absolute atomic E-state index is 12.0. The van der Waals surface area contributed by atoms with Gasteiger partial charge in [-0.1, -0.05) is 38.4 Å². The second-order valence-electron chi connectivity index (χ2n) is 7.05. The summed E-state index contributed by atoms with van der Waals surface area (Å²) in [5, 5.41) is 1.13. The van der Waals surface area contributed by atoms with Gasteiger partial charge in [-0.25, -0.2) is 14.8 Å². The number of ether oxygens (including phenoxy) is 1. The highest BCUT2D eigenvalue weighted by Crippen LogP contribution is 2.43. The van der Waals surface area contributed by atoms with E-state index in [-0.39, 0.29) is 17.8 Å². The average Bonchev–Trinajstić information content (AvgIpc) is 3.30. The molecule has 0 unspecified atom stereocenters. The standard InChI is InChI=1S/C18H21ClN2O2/c1-5-23-17(22)16-20-14-12(15(19)21-16)8-11(10-6-7-10)9-13(14)18(2,3)4/h8-10H,5-7H2,1-4H3. The summed E-state index contributed by atoms with van der Waals surface area (Å²) in [5.41, 5.74) is 3.01. The summed E-state index contributed by atoms with van der Waals surface area (Å²) in [6.45, 7) is 8.45. The van der Waals surface area contributed by atoms with E-state index >= 15 is 0 Å². The van der Waals surface area contributed by atoms with E-state index in [9.17, 15) is 4.79 Å². The topological polar surface area (TPSA) is 52.1 Å². The van der Waals surface area contributed by atoms with Gasteiger partial charge in [0.15, 0.2) is 0 Å². The quantitative estimate of drug-likeness (QED) is 0.607. The van der Waals surface area contributed by atoms with Gasteiger partial charge >= 0.3 is 5.97 Å². The van der Waals surface area contributed by atoms with Gasteiger partial charge in [-0.15, -0.1) is 0 Å². The normalized spacial score (nSPS) is 15.0. The number of nitrogens with zero attached hydrogens (tertiary/aromatic N) is 2. The summed E-state index contributed by atoms with van der Waals surface area (Å²) in [6.07, 6.45) is 2.43. The fraction of sp³-hybridized carbons (Fsp3) is 0.500. The SMILES string of the molecule is CCOC(=O)c1nc(Cl)c2cc(C3CC3)cc(C(C)(C)C)c2n1. The first-order valence-electron chi connectivity index (χ1n) is 8.00. The molecule has 0 aliphatic heterocycles. The van der Waals surface area contributed by atoms with E-state index < -0.39 is 5.97 Å². The number of halogens is 1. The van der Waals surface area contributed by atoms with E-state index in [2.05, 4.69) is 42.9 Å². The van der Waals surface area contributed by atoms with E-state index in [0.29, 0.717) is 11.1 Å². The van der Waals surface area contributed by atoms with E-state index in [0.717, 1.165) is 16.5 Å². The third-order valence-corrected chi connectivity index (χ3v) is 4.38. The van der Waals surface area contributed by atoms with Crippen molar-refractivity contribution in [3.8, 4) is 0 Å². The lowest BCUT2D eigenvalue weighted by atomic mass is 9.84. The zero-order valence-corrected chi connectivity index (χ0v) is 14.7. The van der Waals surface area contributed by atoms with Gasteiger partial charge in [0, 0.05) is 5.39 Å². The molecule has 0 spiro atoms. The summed E-state index contributed by atoms with van der Waals surface area (Å²) >= 11 is 6.37. The molecule has 0 radical (unpaired) electrons. The van der Waals surface area contributed by atoms with Crippen molar-refractivity contribution in [2.24, 2.45) is 0 Å². The van der Waals surface area contributed by atoms with Crippen LogP contribution < -0.4 is 0 Å². The van der Waals surface area contributed by atoms with Gasteiger partial charge in [-0.2, -0.15) is 0 Å². The number of hydrogen-bond acceptors (Lipinski definition) is 4. The molecule has 1 heterocycles. The zero-order valence-electron chi connectivity index (χ0n) is 13.9. The maximum Gasteiger partial charge on any atom is 0.376 e. The highest BCUT2D eigenvalue weighted by molar-refractivity contribution is 6.34. The Morgan fingerprint density at radius 2 is 2.00 bits per heavy atom. The second kappa shape index (κ2) is 5.75. The Morgan fingerprint density at radius 1 is 1.30 bits per heavy atom. The van der Waals surface area contributed by atoms with Crippen LogP contribution in [0, 0.1) is 0 Å². The van der Waals surface area contributed by atoms with Gasteiger partial charge in [-0.05, 0) is 48.3 Å². The molecule has 0 amide bonds. The minimum absolute atomic E-state index is 0.0222. The average molecular weight is 333 g/mol. The van der Waals surface area contributed by atoms with Crippen LogP contribution in [-0.2, 0) is 10.2 Å². The molecule has 1 fully saturated rings. The van der Waals surface area contributed by atoms with Gasteiger partial charge in [0.1, 0.15) is 5.15 Å². The molecule has 0 atom stereocenters. The molecular formula is C18H21ClN2O2. The zero-order chi connectivity index (χ0) is 16.8. The molecule has 0 bridgehead atoms. The Hall–Kier alpha value is -1.68.